The molecule has 1 amide bonds. The zero-order valence-electron chi connectivity index (χ0n) is 16.4. The van der Waals surface area contributed by atoms with Gasteiger partial charge in [0.05, 0.1) is 5.56 Å². The van der Waals surface area contributed by atoms with Crippen LogP contribution in [0.1, 0.15) is 29.8 Å². The normalized spacial score (nSPS) is 11.6. The topological polar surface area (TPSA) is 57.0 Å². The Morgan fingerprint density at radius 1 is 1.14 bits per heavy atom. The summed E-state index contributed by atoms with van der Waals surface area (Å²) in [7, 11) is 1.96. The van der Waals surface area contributed by atoms with Gasteiger partial charge in [-0.3, -0.25) is 4.79 Å². The number of benzene rings is 1. The number of hydrogen-bond acceptors (Lipinski definition) is 3. The molecule has 0 fully saturated rings. The number of carbonyl (C=O) groups excluding carboxylic acids is 1. The Kier molecular flexibility index (Phi) is 5.70. The van der Waals surface area contributed by atoms with Crippen LogP contribution in [0, 0.1) is 11.2 Å². The summed E-state index contributed by atoms with van der Waals surface area (Å²) < 4.78 is 15.1. The largest absolute Gasteiger partial charge is 0.396 e. The third kappa shape index (κ3) is 4.51. The molecule has 0 radical (unpaired) electrons. The maximum atomic E-state index is 13.1. The van der Waals surface area contributed by atoms with Gasteiger partial charge in [0, 0.05) is 43.9 Å². The molecule has 0 saturated carbocycles. The molecule has 148 valence electrons. The second-order valence-electron chi connectivity index (χ2n) is 7.89. The lowest BCUT2D eigenvalue weighted by Gasteiger charge is -2.22. The van der Waals surface area contributed by atoms with E-state index in [1.165, 1.54) is 12.1 Å². The molecule has 2 aromatic heterocycles. The van der Waals surface area contributed by atoms with Gasteiger partial charge in [-0.05, 0) is 42.0 Å². The first kappa shape index (κ1) is 19.9. The Morgan fingerprint density at radius 3 is 2.50 bits per heavy atom. The summed E-state index contributed by atoms with van der Waals surface area (Å²) in [5, 5.41) is 12.2. The molecule has 6 heteroatoms. The van der Waals surface area contributed by atoms with Gasteiger partial charge in [0.2, 0.25) is 0 Å². The minimum absolute atomic E-state index is 0.00223. The number of nitrogens with zero attached hydrogens (tertiary/aromatic N) is 2. The zero-order chi connectivity index (χ0) is 20.3. The zero-order valence-corrected chi connectivity index (χ0v) is 16.4. The molecule has 2 N–H and O–H groups in total. The van der Waals surface area contributed by atoms with E-state index in [-0.39, 0.29) is 23.7 Å². The number of carbonyl (C=O) groups is 1. The van der Waals surface area contributed by atoms with Crippen LogP contribution >= 0.6 is 0 Å². The van der Waals surface area contributed by atoms with Gasteiger partial charge in [0.15, 0.2) is 0 Å². The lowest BCUT2D eigenvalue weighted by atomic mass is 9.95. The van der Waals surface area contributed by atoms with E-state index < -0.39 is 0 Å². The van der Waals surface area contributed by atoms with Crippen LogP contribution in [-0.2, 0) is 6.54 Å². The predicted molar refractivity (Wildman–Crippen MR) is 109 cm³/mol. The van der Waals surface area contributed by atoms with Crippen LogP contribution in [0.2, 0.25) is 0 Å². The first-order valence-corrected chi connectivity index (χ1v) is 9.25. The second-order valence-corrected chi connectivity index (χ2v) is 7.89. The van der Waals surface area contributed by atoms with E-state index in [2.05, 4.69) is 10.2 Å². The highest BCUT2D eigenvalue weighted by molar-refractivity contribution is 5.94. The molecule has 5 nitrogen and oxygen atoms in total. The lowest BCUT2D eigenvalue weighted by Crippen LogP contribution is -2.36. The first-order chi connectivity index (χ1) is 13.3. The molecule has 3 aromatic rings. The van der Waals surface area contributed by atoms with E-state index >= 15 is 0 Å². The molecule has 0 aliphatic carbocycles. The van der Waals surface area contributed by atoms with E-state index in [1.807, 2.05) is 49.7 Å². The molecule has 0 atom stereocenters. The quantitative estimate of drug-likeness (QED) is 0.657. The number of aromatic nitrogens is 1. The number of halogens is 1. The Balaban J connectivity index is 1.79. The fourth-order valence-electron chi connectivity index (χ4n) is 2.95. The van der Waals surface area contributed by atoms with Crippen molar-refractivity contribution in [1.82, 2.24) is 9.72 Å². The molecule has 0 spiro atoms. The smallest absolute Gasteiger partial charge is 0.252 e. The minimum Gasteiger partial charge on any atom is -0.396 e. The van der Waals surface area contributed by atoms with Crippen molar-refractivity contribution in [3.63, 3.8) is 0 Å². The van der Waals surface area contributed by atoms with Crippen molar-refractivity contribution in [2.24, 2.45) is 5.41 Å². The van der Waals surface area contributed by atoms with Crippen LogP contribution < -0.4 is 10.2 Å². The van der Waals surface area contributed by atoms with Gasteiger partial charge in [-0.15, -0.1) is 0 Å². The summed E-state index contributed by atoms with van der Waals surface area (Å²) >= 11 is 0. The number of pyridine rings is 1. The van der Waals surface area contributed by atoms with E-state index in [4.69, 9.17) is 0 Å². The Morgan fingerprint density at radius 2 is 1.82 bits per heavy atom. The van der Waals surface area contributed by atoms with Crippen LogP contribution in [0.4, 0.5) is 10.2 Å². The van der Waals surface area contributed by atoms with Crippen molar-refractivity contribution < 1.29 is 14.3 Å². The van der Waals surface area contributed by atoms with Gasteiger partial charge in [0.1, 0.15) is 11.6 Å². The SMILES string of the molecule is CN(Cc1ccc(F)cc1)c1ccc2ccc(C(=O)NCC(C)(C)CO)cn12. The molecular weight excluding hydrogens is 357 g/mol. The molecule has 28 heavy (non-hydrogen) atoms. The van der Waals surface area contributed by atoms with Crippen molar-refractivity contribution in [1.29, 1.82) is 0 Å². The monoisotopic (exact) mass is 383 g/mol. The van der Waals surface area contributed by atoms with Crippen molar-refractivity contribution >= 4 is 17.2 Å². The summed E-state index contributed by atoms with van der Waals surface area (Å²) in [5.41, 5.74) is 2.16. The third-order valence-electron chi connectivity index (χ3n) is 4.77. The van der Waals surface area contributed by atoms with Crippen molar-refractivity contribution in [2.45, 2.75) is 20.4 Å². The van der Waals surface area contributed by atoms with Crippen molar-refractivity contribution in [3.05, 3.63) is 71.7 Å². The highest BCUT2D eigenvalue weighted by Gasteiger charge is 2.18. The summed E-state index contributed by atoms with van der Waals surface area (Å²) in [4.78, 5) is 14.6. The molecule has 0 saturated heterocycles. The molecule has 0 bridgehead atoms. The number of hydrogen-bond donors (Lipinski definition) is 2. The lowest BCUT2D eigenvalue weighted by molar-refractivity contribution is 0.0910. The number of fused-ring (bicyclic) bond motifs is 1. The number of aliphatic hydroxyl groups excluding tert-OH is 1. The fourth-order valence-corrected chi connectivity index (χ4v) is 2.95. The molecule has 0 unspecified atom stereocenters. The van der Waals surface area contributed by atoms with Crippen molar-refractivity contribution in [3.8, 4) is 0 Å². The molecule has 0 aliphatic rings. The van der Waals surface area contributed by atoms with Crippen LogP contribution in [0.3, 0.4) is 0 Å². The standard InChI is InChI=1S/C22H26FN3O2/c1-22(2,15-27)14-24-21(28)17-6-9-19-10-11-20(26(19)13-17)25(3)12-16-4-7-18(23)8-5-16/h4-11,13,27H,12,14-15H2,1-3H3,(H,24,28). The maximum Gasteiger partial charge on any atom is 0.252 e. The van der Waals surface area contributed by atoms with Gasteiger partial charge in [-0.1, -0.05) is 26.0 Å². The highest BCUT2D eigenvalue weighted by Crippen LogP contribution is 2.21. The summed E-state index contributed by atoms with van der Waals surface area (Å²) in [6.45, 7) is 4.80. The molecule has 1 aromatic carbocycles. The minimum atomic E-state index is -0.367. The summed E-state index contributed by atoms with van der Waals surface area (Å²) in [5.74, 6) is 0.508. The van der Waals surface area contributed by atoms with Gasteiger partial charge >= 0.3 is 0 Å². The average molecular weight is 383 g/mol. The average Bonchev–Trinajstić information content (AvgIpc) is 3.11. The molecular formula is C22H26FN3O2. The van der Waals surface area contributed by atoms with Crippen LogP contribution in [0.5, 0.6) is 0 Å². The number of aliphatic hydroxyl groups is 1. The Bertz CT molecular complexity index is 964. The maximum absolute atomic E-state index is 13.1. The Labute approximate surface area is 164 Å². The van der Waals surface area contributed by atoms with Gasteiger partial charge < -0.3 is 19.7 Å². The number of nitrogens with one attached hydrogen (secondary N) is 1. The summed E-state index contributed by atoms with van der Waals surface area (Å²) in [6, 6.07) is 14.1. The van der Waals surface area contributed by atoms with Crippen LogP contribution in [0.25, 0.3) is 5.52 Å². The van der Waals surface area contributed by atoms with Crippen LogP contribution in [-0.4, -0.2) is 35.6 Å². The van der Waals surface area contributed by atoms with Gasteiger partial charge in [-0.2, -0.15) is 0 Å². The van der Waals surface area contributed by atoms with E-state index in [0.717, 1.165) is 16.9 Å². The van der Waals surface area contributed by atoms with E-state index in [0.29, 0.717) is 18.7 Å². The van der Waals surface area contributed by atoms with E-state index in [1.54, 1.807) is 18.2 Å². The van der Waals surface area contributed by atoms with Crippen LogP contribution in [0.15, 0.2) is 54.7 Å². The molecule has 0 aliphatic heterocycles. The van der Waals surface area contributed by atoms with E-state index in [9.17, 15) is 14.3 Å². The van der Waals surface area contributed by atoms with Gasteiger partial charge in [0.25, 0.3) is 5.91 Å². The molecule has 2 heterocycles. The molecule has 3 rings (SSSR count). The van der Waals surface area contributed by atoms with Gasteiger partial charge in [-0.25, -0.2) is 4.39 Å². The number of anilines is 1. The first-order valence-electron chi connectivity index (χ1n) is 9.25. The fraction of sp³-hybridized carbons (Fsp3) is 0.318. The highest BCUT2D eigenvalue weighted by atomic mass is 19.1. The summed E-state index contributed by atoms with van der Waals surface area (Å²) in [6.07, 6.45) is 1.81. The second kappa shape index (κ2) is 8.02. The number of amides is 1. The number of rotatable bonds is 7. The third-order valence-corrected chi connectivity index (χ3v) is 4.77. The van der Waals surface area contributed by atoms with Crippen molar-refractivity contribution in [2.75, 3.05) is 25.1 Å². The Hall–Kier alpha value is -2.86. The predicted octanol–water partition coefficient (Wildman–Crippen LogP) is 3.46.